The zero-order valence-electron chi connectivity index (χ0n) is 16.0. The van der Waals surface area contributed by atoms with Crippen LogP contribution in [0.25, 0.3) is 0 Å². The molecule has 0 radical (unpaired) electrons. The highest BCUT2D eigenvalue weighted by Crippen LogP contribution is 2.44. The van der Waals surface area contributed by atoms with E-state index in [9.17, 15) is 24.4 Å². The molecular formula is C17H28N4O5. The number of hydrogen-bond acceptors (Lipinski definition) is 5. The van der Waals surface area contributed by atoms with E-state index in [0.29, 0.717) is 19.4 Å². The average Bonchev–Trinajstić information content (AvgIpc) is 2.79. The van der Waals surface area contributed by atoms with Crippen molar-refractivity contribution in [2.24, 2.45) is 5.92 Å². The predicted octanol–water partition coefficient (Wildman–Crippen LogP) is 0.919. The molecule has 2 fully saturated rings. The number of likely N-dealkylation sites (tertiary alicyclic amines) is 1. The molecule has 0 aromatic carbocycles. The Hall–Kier alpha value is -2.16. The van der Waals surface area contributed by atoms with Crippen LogP contribution in [0.2, 0.25) is 0 Å². The summed E-state index contributed by atoms with van der Waals surface area (Å²) < 4.78 is 0. The molecule has 9 heteroatoms. The highest BCUT2D eigenvalue weighted by atomic mass is 16.5. The number of amides is 5. The summed E-state index contributed by atoms with van der Waals surface area (Å²) in [5.74, 6) is -2.31. The molecule has 26 heavy (non-hydrogen) atoms. The van der Waals surface area contributed by atoms with Gasteiger partial charge in [-0.1, -0.05) is 13.8 Å². The zero-order valence-corrected chi connectivity index (χ0v) is 16.0. The number of nitrogens with zero attached hydrogens (tertiary/aromatic N) is 3. The summed E-state index contributed by atoms with van der Waals surface area (Å²) in [6, 6.07) is -0.548. The van der Waals surface area contributed by atoms with Crippen LogP contribution in [0.4, 0.5) is 4.79 Å². The van der Waals surface area contributed by atoms with Crippen molar-refractivity contribution in [2.75, 3.05) is 13.6 Å². The van der Waals surface area contributed by atoms with Crippen LogP contribution >= 0.6 is 0 Å². The first-order chi connectivity index (χ1) is 12.1. The Labute approximate surface area is 153 Å². The largest absolute Gasteiger partial charge is 0.329 e. The molecule has 0 spiro atoms. The van der Waals surface area contributed by atoms with Gasteiger partial charge in [-0.25, -0.2) is 15.2 Å². The molecule has 0 bridgehead atoms. The topological polar surface area (TPSA) is 110 Å². The standard InChI is InChI=1S/C17H28N4O5/c1-6-12(22)20-10-8-9-11(13(23)18-26)17(20,7-2)21-14(24)16(3,4)19(5)15(21)25/h11,26H,6-10H2,1-5H3,(H,18,23). The maximum absolute atomic E-state index is 13.2. The lowest BCUT2D eigenvalue weighted by atomic mass is 9.78. The van der Waals surface area contributed by atoms with E-state index in [1.165, 1.54) is 16.8 Å². The van der Waals surface area contributed by atoms with E-state index in [1.807, 2.05) is 0 Å². The van der Waals surface area contributed by atoms with Crippen LogP contribution in [-0.4, -0.2) is 68.5 Å². The molecule has 2 aliphatic heterocycles. The summed E-state index contributed by atoms with van der Waals surface area (Å²) in [5, 5.41) is 9.22. The maximum Gasteiger partial charge on any atom is 0.329 e. The molecule has 2 N–H and O–H groups in total. The Balaban J connectivity index is 2.70. The van der Waals surface area contributed by atoms with Gasteiger partial charge >= 0.3 is 6.03 Å². The molecule has 2 aliphatic rings. The third kappa shape index (κ3) is 2.56. The number of hydrogen-bond donors (Lipinski definition) is 2. The monoisotopic (exact) mass is 368 g/mol. The first kappa shape index (κ1) is 20.2. The van der Waals surface area contributed by atoms with Crippen molar-refractivity contribution in [3.8, 4) is 0 Å². The highest BCUT2D eigenvalue weighted by Gasteiger charge is 2.63. The number of nitrogens with one attached hydrogen (secondary N) is 1. The van der Waals surface area contributed by atoms with Crippen LogP contribution in [0.3, 0.4) is 0 Å². The van der Waals surface area contributed by atoms with Gasteiger partial charge in [-0.3, -0.25) is 19.6 Å². The summed E-state index contributed by atoms with van der Waals surface area (Å²) in [6.07, 6.45) is 1.28. The molecule has 2 atom stereocenters. The molecule has 146 valence electrons. The summed E-state index contributed by atoms with van der Waals surface area (Å²) in [5.41, 5.74) is -0.875. The number of likely N-dealkylation sites (N-methyl/N-ethyl adjacent to an activating group) is 1. The van der Waals surface area contributed by atoms with Crippen molar-refractivity contribution in [2.45, 2.75) is 64.6 Å². The van der Waals surface area contributed by atoms with Crippen LogP contribution in [0.15, 0.2) is 0 Å². The summed E-state index contributed by atoms with van der Waals surface area (Å²) in [6.45, 7) is 7.04. The number of carbonyl (C=O) groups is 4. The maximum atomic E-state index is 13.2. The Kier molecular flexibility index (Phi) is 5.32. The third-order valence-corrected chi connectivity index (χ3v) is 5.88. The molecule has 2 rings (SSSR count). The molecule has 0 aromatic heterocycles. The van der Waals surface area contributed by atoms with Crippen molar-refractivity contribution in [1.29, 1.82) is 0 Å². The molecule has 9 nitrogen and oxygen atoms in total. The van der Waals surface area contributed by atoms with Crippen LogP contribution in [0, 0.1) is 5.92 Å². The van der Waals surface area contributed by atoms with Crippen LogP contribution in [-0.2, 0) is 14.4 Å². The van der Waals surface area contributed by atoms with Gasteiger partial charge in [-0.05, 0) is 33.1 Å². The second kappa shape index (κ2) is 6.86. The smallest absolute Gasteiger partial charge is 0.318 e. The van der Waals surface area contributed by atoms with Gasteiger partial charge in [0.05, 0.1) is 5.92 Å². The lowest BCUT2D eigenvalue weighted by Crippen LogP contribution is -2.71. The SMILES string of the molecule is CCC(=O)N1CCCC(C(=O)NO)C1(CC)N1C(=O)N(C)C(C)(C)C1=O. The van der Waals surface area contributed by atoms with Gasteiger partial charge in [-0.15, -0.1) is 0 Å². The number of urea groups is 1. The van der Waals surface area contributed by atoms with Gasteiger partial charge in [0, 0.05) is 20.0 Å². The predicted molar refractivity (Wildman–Crippen MR) is 91.8 cm³/mol. The second-order valence-electron chi connectivity index (χ2n) is 7.34. The Bertz CT molecular complexity index is 609. The second-order valence-corrected chi connectivity index (χ2v) is 7.34. The van der Waals surface area contributed by atoms with Crippen molar-refractivity contribution >= 4 is 23.8 Å². The first-order valence-corrected chi connectivity index (χ1v) is 8.98. The molecule has 2 unspecified atom stereocenters. The fraction of sp³-hybridized carbons (Fsp3) is 0.765. The number of imide groups is 1. The van der Waals surface area contributed by atoms with Crippen molar-refractivity contribution in [3.63, 3.8) is 0 Å². The summed E-state index contributed by atoms with van der Waals surface area (Å²) in [4.78, 5) is 55.2. The molecular weight excluding hydrogens is 340 g/mol. The normalized spacial score (nSPS) is 28.5. The number of piperidine rings is 1. The van der Waals surface area contributed by atoms with Crippen LogP contribution < -0.4 is 5.48 Å². The number of carbonyl (C=O) groups excluding carboxylic acids is 4. The van der Waals surface area contributed by atoms with Gasteiger partial charge in [0.15, 0.2) is 0 Å². The van der Waals surface area contributed by atoms with Gasteiger partial charge in [0.2, 0.25) is 5.91 Å². The fourth-order valence-corrected chi connectivity index (χ4v) is 4.12. The lowest BCUT2D eigenvalue weighted by molar-refractivity contribution is -0.172. The van der Waals surface area contributed by atoms with E-state index in [4.69, 9.17) is 0 Å². The average molecular weight is 368 g/mol. The van der Waals surface area contributed by atoms with Crippen LogP contribution in [0.1, 0.15) is 53.4 Å². The van der Waals surface area contributed by atoms with Crippen molar-refractivity contribution in [3.05, 3.63) is 0 Å². The molecule has 0 aromatic rings. The van der Waals surface area contributed by atoms with Crippen molar-refractivity contribution in [1.82, 2.24) is 20.2 Å². The molecule has 0 saturated carbocycles. The lowest BCUT2D eigenvalue weighted by Gasteiger charge is -2.54. The minimum atomic E-state index is -1.44. The summed E-state index contributed by atoms with van der Waals surface area (Å²) >= 11 is 0. The van der Waals surface area contributed by atoms with E-state index in [1.54, 1.807) is 33.2 Å². The highest BCUT2D eigenvalue weighted by molar-refractivity contribution is 6.08. The Morgan fingerprint density at radius 1 is 1.27 bits per heavy atom. The minimum absolute atomic E-state index is 0.185. The van der Waals surface area contributed by atoms with E-state index in [-0.39, 0.29) is 18.7 Å². The summed E-state index contributed by atoms with van der Waals surface area (Å²) in [7, 11) is 1.53. The van der Waals surface area contributed by atoms with Crippen molar-refractivity contribution < 1.29 is 24.4 Å². The Morgan fingerprint density at radius 2 is 1.88 bits per heavy atom. The van der Waals surface area contributed by atoms with Gasteiger partial charge < -0.3 is 9.80 Å². The fourth-order valence-electron chi connectivity index (χ4n) is 4.12. The van der Waals surface area contributed by atoms with E-state index in [2.05, 4.69) is 0 Å². The zero-order chi connectivity index (χ0) is 19.9. The molecule has 5 amide bonds. The molecule has 2 heterocycles. The minimum Gasteiger partial charge on any atom is -0.318 e. The van der Waals surface area contributed by atoms with E-state index in [0.717, 1.165) is 4.90 Å². The van der Waals surface area contributed by atoms with Gasteiger partial charge in [-0.2, -0.15) is 0 Å². The number of rotatable bonds is 4. The molecule has 2 saturated heterocycles. The van der Waals surface area contributed by atoms with E-state index >= 15 is 0 Å². The van der Waals surface area contributed by atoms with Gasteiger partial charge in [0.1, 0.15) is 11.2 Å². The third-order valence-electron chi connectivity index (χ3n) is 5.88. The Morgan fingerprint density at radius 3 is 2.31 bits per heavy atom. The van der Waals surface area contributed by atoms with Crippen LogP contribution in [0.5, 0.6) is 0 Å². The quantitative estimate of drug-likeness (QED) is 0.435. The first-order valence-electron chi connectivity index (χ1n) is 8.98. The molecule has 0 aliphatic carbocycles. The van der Waals surface area contributed by atoms with E-state index < -0.39 is 35.0 Å². The number of hydroxylamine groups is 1. The van der Waals surface area contributed by atoms with Gasteiger partial charge in [0.25, 0.3) is 11.8 Å².